The predicted octanol–water partition coefficient (Wildman–Crippen LogP) is 1.55. The third kappa shape index (κ3) is 3.94. The highest BCUT2D eigenvalue weighted by Crippen LogP contribution is 2.13. The molecular formula is C18H27N5O. The van der Waals surface area contributed by atoms with Crippen molar-refractivity contribution in [1.82, 2.24) is 24.7 Å². The minimum Gasteiger partial charge on any atom is -0.342 e. The number of para-hydroxylation sites is 2. The van der Waals surface area contributed by atoms with Gasteiger partial charge >= 0.3 is 0 Å². The van der Waals surface area contributed by atoms with E-state index in [0.717, 1.165) is 62.7 Å². The number of hydrogen-bond donors (Lipinski definition) is 1. The van der Waals surface area contributed by atoms with E-state index in [-0.39, 0.29) is 5.91 Å². The van der Waals surface area contributed by atoms with Gasteiger partial charge in [0.1, 0.15) is 5.82 Å². The molecule has 130 valence electrons. The fraction of sp³-hybridized carbons (Fsp3) is 0.556. The van der Waals surface area contributed by atoms with E-state index in [0.29, 0.717) is 6.54 Å². The molecule has 0 bridgehead atoms. The van der Waals surface area contributed by atoms with Gasteiger partial charge in [0.05, 0.1) is 24.1 Å². The summed E-state index contributed by atoms with van der Waals surface area (Å²) in [4.78, 5) is 26.8. The molecule has 24 heavy (non-hydrogen) atoms. The van der Waals surface area contributed by atoms with E-state index >= 15 is 0 Å². The zero-order valence-electron chi connectivity index (χ0n) is 14.7. The van der Waals surface area contributed by atoms with E-state index in [2.05, 4.69) is 25.8 Å². The third-order valence-electron chi connectivity index (χ3n) is 4.75. The van der Waals surface area contributed by atoms with Crippen LogP contribution < -0.4 is 0 Å². The molecular weight excluding hydrogens is 302 g/mol. The summed E-state index contributed by atoms with van der Waals surface area (Å²) in [6.45, 7) is 10.9. The number of carbonyl (C=O) groups excluding carboxylic acids is 1. The third-order valence-corrected chi connectivity index (χ3v) is 4.75. The van der Waals surface area contributed by atoms with Crippen LogP contribution in [-0.4, -0.2) is 76.4 Å². The van der Waals surface area contributed by atoms with E-state index < -0.39 is 0 Å². The van der Waals surface area contributed by atoms with Crippen molar-refractivity contribution in [3.63, 3.8) is 0 Å². The average Bonchev–Trinajstić information content (AvgIpc) is 3.00. The molecule has 1 aromatic carbocycles. The number of H-pyrrole nitrogens is 1. The first kappa shape index (κ1) is 16.9. The Morgan fingerprint density at radius 2 is 1.79 bits per heavy atom. The number of aromatic amines is 1. The van der Waals surface area contributed by atoms with Crippen LogP contribution in [0.25, 0.3) is 11.0 Å². The molecule has 6 heteroatoms. The summed E-state index contributed by atoms with van der Waals surface area (Å²) in [6.07, 6.45) is 0. The number of fused-ring (bicyclic) bond motifs is 1. The van der Waals surface area contributed by atoms with Gasteiger partial charge in [-0.15, -0.1) is 0 Å². The Bertz CT molecular complexity index is 638. The molecule has 2 heterocycles. The standard InChI is InChI=1S/C18H27N5O/c1-3-23(4-2)18(24)14-22-11-9-21(10-12-22)13-17-19-15-7-5-6-8-16(15)20-17/h5-8H,3-4,9-14H2,1-2H3,(H,19,20). The molecule has 0 spiro atoms. The number of nitrogens with zero attached hydrogens (tertiary/aromatic N) is 4. The lowest BCUT2D eigenvalue weighted by molar-refractivity contribution is -0.132. The number of rotatable bonds is 6. The molecule has 1 fully saturated rings. The largest absolute Gasteiger partial charge is 0.342 e. The van der Waals surface area contributed by atoms with Crippen LogP contribution >= 0.6 is 0 Å². The van der Waals surface area contributed by atoms with Gasteiger partial charge in [-0.1, -0.05) is 12.1 Å². The Hall–Kier alpha value is -1.92. The Morgan fingerprint density at radius 1 is 1.12 bits per heavy atom. The van der Waals surface area contributed by atoms with Crippen molar-refractivity contribution in [2.24, 2.45) is 0 Å². The lowest BCUT2D eigenvalue weighted by atomic mass is 10.3. The molecule has 1 aliphatic rings. The molecule has 0 aliphatic carbocycles. The number of carbonyl (C=O) groups is 1. The zero-order valence-corrected chi connectivity index (χ0v) is 14.7. The fourth-order valence-electron chi connectivity index (χ4n) is 3.27. The zero-order chi connectivity index (χ0) is 16.9. The summed E-state index contributed by atoms with van der Waals surface area (Å²) < 4.78 is 0. The second-order valence-electron chi connectivity index (χ2n) is 6.32. The number of piperazine rings is 1. The molecule has 0 atom stereocenters. The van der Waals surface area contributed by atoms with Gasteiger partial charge in [-0.25, -0.2) is 4.98 Å². The first-order valence-corrected chi connectivity index (χ1v) is 8.85. The molecule has 1 N–H and O–H groups in total. The van der Waals surface area contributed by atoms with Crippen LogP contribution in [0.4, 0.5) is 0 Å². The van der Waals surface area contributed by atoms with Crippen molar-refractivity contribution in [2.45, 2.75) is 20.4 Å². The van der Waals surface area contributed by atoms with Gasteiger partial charge in [0.15, 0.2) is 0 Å². The molecule has 1 saturated heterocycles. The Kier molecular flexibility index (Phi) is 5.48. The number of hydrogen-bond acceptors (Lipinski definition) is 4. The molecule has 3 rings (SSSR count). The monoisotopic (exact) mass is 329 g/mol. The van der Waals surface area contributed by atoms with Crippen molar-refractivity contribution in [3.8, 4) is 0 Å². The van der Waals surface area contributed by atoms with Crippen LogP contribution in [0.15, 0.2) is 24.3 Å². The second-order valence-corrected chi connectivity index (χ2v) is 6.32. The molecule has 6 nitrogen and oxygen atoms in total. The maximum absolute atomic E-state index is 12.2. The highest BCUT2D eigenvalue weighted by molar-refractivity contribution is 5.78. The van der Waals surface area contributed by atoms with E-state index in [9.17, 15) is 4.79 Å². The van der Waals surface area contributed by atoms with Crippen LogP contribution in [0.5, 0.6) is 0 Å². The van der Waals surface area contributed by atoms with Crippen molar-refractivity contribution in [2.75, 3.05) is 45.8 Å². The molecule has 0 unspecified atom stereocenters. The van der Waals surface area contributed by atoms with Crippen LogP contribution in [0.3, 0.4) is 0 Å². The molecule has 1 aliphatic heterocycles. The van der Waals surface area contributed by atoms with Gasteiger partial charge in [-0.2, -0.15) is 0 Å². The molecule has 0 radical (unpaired) electrons. The number of amides is 1. The molecule has 1 aromatic heterocycles. The van der Waals surface area contributed by atoms with Gasteiger partial charge in [-0.05, 0) is 26.0 Å². The van der Waals surface area contributed by atoms with Crippen molar-refractivity contribution >= 4 is 16.9 Å². The Morgan fingerprint density at radius 3 is 2.46 bits per heavy atom. The first-order valence-electron chi connectivity index (χ1n) is 8.85. The summed E-state index contributed by atoms with van der Waals surface area (Å²) in [7, 11) is 0. The molecule has 1 amide bonds. The van der Waals surface area contributed by atoms with Crippen LogP contribution in [0.2, 0.25) is 0 Å². The normalized spacial score (nSPS) is 16.6. The van der Waals surface area contributed by atoms with Crippen LogP contribution in [0, 0.1) is 0 Å². The Balaban J connectivity index is 1.49. The van der Waals surface area contributed by atoms with Gasteiger partial charge < -0.3 is 9.88 Å². The second kappa shape index (κ2) is 7.77. The smallest absolute Gasteiger partial charge is 0.236 e. The van der Waals surface area contributed by atoms with Crippen LogP contribution in [-0.2, 0) is 11.3 Å². The first-order chi connectivity index (χ1) is 11.7. The van der Waals surface area contributed by atoms with Gasteiger partial charge in [0, 0.05) is 39.3 Å². The summed E-state index contributed by atoms with van der Waals surface area (Å²) in [5.41, 5.74) is 2.12. The number of likely N-dealkylation sites (N-methyl/N-ethyl adjacent to an activating group) is 1. The Labute approximate surface area is 143 Å². The summed E-state index contributed by atoms with van der Waals surface area (Å²) in [6, 6.07) is 8.13. The van der Waals surface area contributed by atoms with E-state index in [4.69, 9.17) is 0 Å². The van der Waals surface area contributed by atoms with E-state index in [1.807, 2.05) is 36.9 Å². The lowest BCUT2D eigenvalue weighted by Gasteiger charge is -2.34. The molecule has 2 aromatic rings. The van der Waals surface area contributed by atoms with Gasteiger partial charge in [0.2, 0.25) is 5.91 Å². The maximum Gasteiger partial charge on any atom is 0.236 e. The van der Waals surface area contributed by atoms with E-state index in [1.165, 1.54) is 0 Å². The minimum absolute atomic E-state index is 0.241. The number of aromatic nitrogens is 2. The number of nitrogens with one attached hydrogen (secondary N) is 1. The predicted molar refractivity (Wildman–Crippen MR) is 95.7 cm³/mol. The summed E-state index contributed by atoms with van der Waals surface area (Å²) >= 11 is 0. The minimum atomic E-state index is 0.241. The quantitative estimate of drug-likeness (QED) is 0.874. The van der Waals surface area contributed by atoms with E-state index in [1.54, 1.807) is 0 Å². The number of imidazole rings is 1. The highest BCUT2D eigenvalue weighted by Gasteiger charge is 2.21. The topological polar surface area (TPSA) is 55.5 Å². The molecule has 0 saturated carbocycles. The summed E-state index contributed by atoms with van der Waals surface area (Å²) in [5, 5.41) is 0. The fourth-order valence-corrected chi connectivity index (χ4v) is 3.27. The number of benzene rings is 1. The lowest BCUT2D eigenvalue weighted by Crippen LogP contribution is -2.49. The summed E-state index contributed by atoms with van der Waals surface area (Å²) in [5.74, 6) is 1.26. The van der Waals surface area contributed by atoms with Gasteiger partial charge in [-0.3, -0.25) is 14.6 Å². The van der Waals surface area contributed by atoms with Crippen molar-refractivity contribution in [3.05, 3.63) is 30.1 Å². The van der Waals surface area contributed by atoms with Crippen molar-refractivity contribution in [1.29, 1.82) is 0 Å². The maximum atomic E-state index is 12.2. The highest BCUT2D eigenvalue weighted by atomic mass is 16.2. The van der Waals surface area contributed by atoms with Crippen LogP contribution in [0.1, 0.15) is 19.7 Å². The van der Waals surface area contributed by atoms with Crippen molar-refractivity contribution < 1.29 is 4.79 Å². The van der Waals surface area contributed by atoms with Gasteiger partial charge in [0.25, 0.3) is 0 Å². The average molecular weight is 329 g/mol. The SMILES string of the molecule is CCN(CC)C(=O)CN1CCN(Cc2nc3ccccc3[nH]2)CC1.